The minimum atomic E-state index is -1.08. The Balaban J connectivity index is 2.84. The Bertz CT molecular complexity index is 266. The van der Waals surface area contributed by atoms with E-state index in [0.717, 1.165) is 0 Å². The van der Waals surface area contributed by atoms with Crippen LogP contribution in [0.2, 0.25) is 0 Å². The molecule has 0 unspecified atom stereocenters. The Hall–Kier alpha value is -1.29. The van der Waals surface area contributed by atoms with E-state index >= 15 is 0 Å². The van der Waals surface area contributed by atoms with E-state index in [1.807, 2.05) is 0 Å². The number of hydrogen-bond acceptors (Lipinski definition) is 3. The van der Waals surface area contributed by atoms with E-state index in [4.69, 9.17) is 15.3 Å². The maximum absolute atomic E-state index is 10.3. The van der Waals surface area contributed by atoms with Crippen LogP contribution in [0.15, 0.2) is 16.5 Å². The first-order valence-corrected chi connectivity index (χ1v) is 3.16. The average Bonchev–Trinajstić information content (AvgIpc) is 2.34. The fourth-order valence-corrected chi connectivity index (χ4v) is 0.742. The molecule has 0 aliphatic rings. The lowest BCUT2D eigenvalue weighted by Gasteiger charge is -2.00. The monoisotopic (exact) mass is 155 g/mol. The van der Waals surface area contributed by atoms with Crippen LogP contribution in [0.5, 0.6) is 0 Å². The molecule has 11 heavy (non-hydrogen) atoms. The van der Waals surface area contributed by atoms with E-state index in [9.17, 15) is 4.79 Å². The third kappa shape index (κ3) is 1.59. The van der Waals surface area contributed by atoms with Gasteiger partial charge in [-0.1, -0.05) is 0 Å². The van der Waals surface area contributed by atoms with Crippen molar-refractivity contribution in [2.75, 3.05) is 0 Å². The molecule has 0 spiro atoms. The highest BCUT2D eigenvalue weighted by Crippen LogP contribution is 2.13. The summed E-state index contributed by atoms with van der Waals surface area (Å²) in [5.41, 5.74) is 5.26. The van der Waals surface area contributed by atoms with Gasteiger partial charge in [-0.3, -0.25) is 4.79 Å². The highest BCUT2D eigenvalue weighted by atomic mass is 16.4. The molecule has 1 heterocycles. The van der Waals surface area contributed by atoms with E-state index in [2.05, 4.69) is 0 Å². The fraction of sp³-hybridized carbons (Fsp3) is 0.286. The molecular weight excluding hydrogens is 146 g/mol. The van der Waals surface area contributed by atoms with E-state index in [0.29, 0.717) is 5.76 Å². The van der Waals surface area contributed by atoms with Crippen molar-refractivity contribution in [1.82, 2.24) is 0 Å². The largest absolute Gasteiger partial charge is 0.480 e. The third-order valence-corrected chi connectivity index (χ3v) is 1.33. The van der Waals surface area contributed by atoms with Crippen LogP contribution in [0.25, 0.3) is 0 Å². The molecule has 1 aromatic heterocycles. The molecule has 60 valence electrons. The van der Waals surface area contributed by atoms with Crippen LogP contribution in [-0.2, 0) is 4.79 Å². The zero-order valence-corrected chi connectivity index (χ0v) is 6.07. The molecule has 3 N–H and O–H groups in total. The predicted octanol–water partition coefficient (Wildman–Crippen LogP) is 0.672. The van der Waals surface area contributed by atoms with Gasteiger partial charge < -0.3 is 15.3 Å². The van der Waals surface area contributed by atoms with Crippen LogP contribution >= 0.6 is 0 Å². The number of rotatable bonds is 2. The molecule has 0 aromatic carbocycles. The Morgan fingerprint density at radius 1 is 1.73 bits per heavy atom. The molecule has 0 aliphatic carbocycles. The van der Waals surface area contributed by atoms with Gasteiger partial charge in [-0.15, -0.1) is 0 Å². The summed E-state index contributed by atoms with van der Waals surface area (Å²) in [6.07, 6.45) is 0. The molecule has 0 fully saturated rings. The molecule has 0 aliphatic heterocycles. The second kappa shape index (κ2) is 2.75. The van der Waals surface area contributed by atoms with Crippen LogP contribution in [0.3, 0.4) is 0 Å². The van der Waals surface area contributed by atoms with Gasteiger partial charge in [0.05, 0.1) is 0 Å². The first-order chi connectivity index (χ1) is 5.11. The van der Waals surface area contributed by atoms with E-state index < -0.39 is 12.0 Å². The summed E-state index contributed by atoms with van der Waals surface area (Å²) in [7, 11) is 0. The van der Waals surface area contributed by atoms with Crippen molar-refractivity contribution in [1.29, 1.82) is 0 Å². The number of carbonyl (C=O) groups is 1. The molecular formula is C7H9NO3. The summed E-state index contributed by atoms with van der Waals surface area (Å²) >= 11 is 0. The summed E-state index contributed by atoms with van der Waals surface area (Å²) in [5, 5.41) is 8.46. The van der Waals surface area contributed by atoms with Crippen LogP contribution < -0.4 is 5.73 Å². The maximum Gasteiger partial charge on any atom is 0.328 e. The summed E-state index contributed by atoms with van der Waals surface area (Å²) in [6, 6.07) is 2.19. The van der Waals surface area contributed by atoms with Crippen molar-refractivity contribution in [3.05, 3.63) is 23.7 Å². The van der Waals surface area contributed by atoms with Gasteiger partial charge in [-0.25, -0.2) is 0 Å². The van der Waals surface area contributed by atoms with Gasteiger partial charge in [0.25, 0.3) is 0 Å². The molecule has 1 aromatic rings. The van der Waals surface area contributed by atoms with Crippen LogP contribution in [0.1, 0.15) is 17.6 Å². The molecule has 0 amide bonds. The van der Waals surface area contributed by atoms with Gasteiger partial charge in [-0.05, 0) is 19.1 Å². The second-order valence-electron chi connectivity index (χ2n) is 2.26. The molecule has 4 heteroatoms. The summed E-state index contributed by atoms with van der Waals surface area (Å²) in [5.74, 6) is -0.133. The van der Waals surface area contributed by atoms with E-state index in [-0.39, 0.29) is 5.76 Å². The topological polar surface area (TPSA) is 76.5 Å². The van der Waals surface area contributed by atoms with Crippen molar-refractivity contribution in [2.24, 2.45) is 5.73 Å². The highest BCUT2D eigenvalue weighted by molar-refractivity contribution is 5.74. The summed E-state index contributed by atoms with van der Waals surface area (Å²) in [6.45, 7) is 1.73. The SMILES string of the molecule is Cc1ccc([C@@H](N)C(=O)O)o1. The molecule has 1 rings (SSSR count). The third-order valence-electron chi connectivity index (χ3n) is 1.33. The molecule has 0 saturated heterocycles. The second-order valence-corrected chi connectivity index (χ2v) is 2.26. The predicted molar refractivity (Wildman–Crippen MR) is 38.0 cm³/mol. The molecule has 4 nitrogen and oxygen atoms in total. The van der Waals surface area contributed by atoms with Gasteiger partial charge in [0.1, 0.15) is 11.5 Å². The number of nitrogens with two attached hydrogens (primary N) is 1. The fourth-order valence-electron chi connectivity index (χ4n) is 0.742. The lowest BCUT2D eigenvalue weighted by molar-refractivity contribution is -0.139. The molecule has 0 bridgehead atoms. The Morgan fingerprint density at radius 2 is 2.36 bits per heavy atom. The van der Waals surface area contributed by atoms with Gasteiger partial charge in [0.2, 0.25) is 0 Å². The smallest absolute Gasteiger partial charge is 0.328 e. The van der Waals surface area contributed by atoms with Crippen molar-refractivity contribution in [2.45, 2.75) is 13.0 Å². The van der Waals surface area contributed by atoms with E-state index in [1.165, 1.54) is 0 Å². The Kier molecular flexibility index (Phi) is 1.96. The Labute approximate surface area is 63.6 Å². The number of carboxylic acid groups (broad SMARTS) is 1. The minimum absolute atomic E-state index is 0.287. The minimum Gasteiger partial charge on any atom is -0.480 e. The van der Waals surface area contributed by atoms with E-state index in [1.54, 1.807) is 19.1 Å². The lowest BCUT2D eigenvalue weighted by atomic mass is 10.2. The zero-order valence-electron chi connectivity index (χ0n) is 6.07. The van der Waals surface area contributed by atoms with Gasteiger partial charge in [0.15, 0.2) is 6.04 Å². The maximum atomic E-state index is 10.3. The zero-order chi connectivity index (χ0) is 8.43. The number of hydrogen-bond donors (Lipinski definition) is 2. The molecule has 0 saturated carbocycles. The summed E-state index contributed by atoms with van der Waals surface area (Å²) in [4.78, 5) is 10.3. The van der Waals surface area contributed by atoms with Crippen LogP contribution in [-0.4, -0.2) is 11.1 Å². The number of carboxylic acids is 1. The van der Waals surface area contributed by atoms with Crippen LogP contribution in [0, 0.1) is 6.92 Å². The standard InChI is InChI=1S/C7H9NO3/c1-4-2-3-5(11-4)6(8)7(9)10/h2-3,6H,8H2,1H3,(H,9,10)/t6-/m1/s1. The van der Waals surface area contributed by atoms with Crippen LogP contribution in [0.4, 0.5) is 0 Å². The summed E-state index contributed by atoms with van der Waals surface area (Å²) < 4.78 is 5.00. The molecule has 0 radical (unpaired) electrons. The Morgan fingerprint density at radius 3 is 2.73 bits per heavy atom. The average molecular weight is 155 g/mol. The van der Waals surface area contributed by atoms with Crippen molar-refractivity contribution >= 4 is 5.97 Å². The highest BCUT2D eigenvalue weighted by Gasteiger charge is 2.16. The number of furan rings is 1. The normalized spacial score (nSPS) is 12.9. The van der Waals surface area contributed by atoms with Gasteiger partial charge in [0, 0.05) is 0 Å². The first kappa shape index (κ1) is 7.81. The van der Waals surface area contributed by atoms with Crippen molar-refractivity contribution in [3.63, 3.8) is 0 Å². The van der Waals surface area contributed by atoms with Gasteiger partial charge in [-0.2, -0.15) is 0 Å². The van der Waals surface area contributed by atoms with Gasteiger partial charge >= 0.3 is 5.97 Å². The quantitative estimate of drug-likeness (QED) is 0.658. The number of aliphatic carboxylic acids is 1. The first-order valence-electron chi connectivity index (χ1n) is 3.16. The lowest BCUT2D eigenvalue weighted by Crippen LogP contribution is -2.19. The van der Waals surface area contributed by atoms with Crippen molar-refractivity contribution < 1.29 is 14.3 Å². The molecule has 1 atom stereocenters. The number of aryl methyl sites for hydroxylation is 1. The van der Waals surface area contributed by atoms with Crippen molar-refractivity contribution in [3.8, 4) is 0 Å².